The number of carbonyl (C=O) groups excluding carboxylic acids is 1. The molecule has 1 fully saturated rings. The minimum atomic E-state index is -0.327. The maximum atomic E-state index is 11.7. The highest BCUT2D eigenvalue weighted by Gasteiger charge is 2.19. The number of hydrogen-bond donors (Lipinski definition) is 0. The molecule has 0 amide bonds. The molecule has 3 rings (SSSR count). The Bertz CT molecular complexity index is 717. The molecule has 1 aliphatic heterocycles. The van der Waals surface area contributed by atoms with E-state index in [1.807, 2.05) is 18.5 Å². The third-order valence-corrected chi connectivity index (χ3v) is 4.20. The van der Waals surface area contributed by atoms with Gasteiger partial charge in [0.1, 0.15) is 5.82 Å². The number of piperazine rings is 1. The highest BCUT2D eigenvalue weighted by atomic mass is 16.5. The average Bonchev–Trinajstić information content (AvgIpc) is 3.10. The molecule has 0 spiro atoms. The van der Waals surface area contributed by atoms with Gasteiger partial charge in [0.25, 0.3) is 0 Å². The quantitative estimate of drug-likeness (QED) is 0.748. The molecule has 7 heteroatoms. The van der Waals surface area contributed by atoms with Gasteiger partial charge in [0, 0.05) is 56.9 Å². The molecule has 0 aliphatic carbocycles. The zero-order chi connectivity index (χ0) is 17.6. The minimum Gasteiger partial charge on any atom is -0.462 e. The van der Waals surface area contributed by atoms with Crippen molar-refractivity contribution in [2.45, 2.75) is 13.5 Å². The summed E-state index contributed by atoms with van der Waals surface area (Å²) in [5, 5.41) is 4.21. The second-order valence-corrected chi connectivity index (χ2v) is 5.90. The Balaban J connectivity index is 1.53. The summed E-state index contributed by atoms with van der Waals surface area (Å²) < 4.78 is 6.70. The first-order valence-corrected chi connectivity index (χ1v) is 8.45. The largest absolute Gasteiger partial charge is 0.462 e. The molecule has 1 saturated heterocycles. The number of nitrogens with zero attached hydrogens (tertiary/aromatic N) is 5. The molecule has 0 atom stereocenters. The van der Waals surface area contributed by atoms with Crippen molar-refractivity contribution in [3.63, 3.8) is 0 Å². The van der Waals surface area contributed by atoms with E-state index in [1.165, 1.54) is 5.56 Å². The molecule has 0 saturated carbocycles. The van der Waals surface area contributed by atoms with E-state index in [1.54, 1.807) is 30.1 Å². The summed E-state index contributed by atoms with van der Waals surface area (Å²) >= 11 is 0. The van der Waals surface area contributed by atoms with Crippen LogP contribution in [0.3, 0.4) is 0 Å². The van der Waals surface area contributed by atoms with Gasteiger partial charge in [-0.2, -0.15) is 5.10 Å². The third-order valence-electron chi connectivity index (χ3n) is 4.20. The zero-order valence-corrected chi connectivity index (χ0v) is 14.5. The molecule has 132 valence electrons. The monoisotopic (exact) mass is 341 g/mol. The Morgan fingerprint density at radius 1 is 1.28 bits per heavy atom. The second kappa shape index (κ2) is 7.94. The minimum absolute atomic E-state index is 0.327. The fraction of sp³-hybridized carbons (Fsp3) is 0.389. The summed E-state index contributed by atoms with van der Waals surface area (Å²) in [4.78, 5) is 20.7. The van der Waals surface area contributed by atoms with Gasteiger partial charge in [0.15, 0.2) is 0 Å². The van der Waals surface area contributed by atoms with Gasteiger partial charge in [-0.05, 0) is 19.1 Å². The smallest absolute Gasteiger partial charge is 0.339 e. The van der Waals surface area contributed by atoms with Crippen LogP contribution in [-0.4, -0.2) is 58.4 Å². The Morgan fingerprint density at radius 2 is 2.08 bits per heavy atom. The lowest BCUT2D eigenvalue weighted by Crippen LogP contribution is -2.46. The molecular formula is C18H23N5O2. The van der Waals surface area contributed by atoms with E-state index < -0.39 is 0 Å². The molecule has 2 aromatic heterocycles. The van der Waals surface area contributed by atoms with E-state index in [0.717, 1.165) is 38.5 Å². The van der Waals surface area contributed by atoms with Gasteiger partial charge < -0.3 is 9.64 Å². The normalized spacial score (nSPS) is 15.2. The van der Waals surface area contributed by atoms with Gasteiger partial charge in [-0.3, -0.25) is 4.90 Å². The van der Waals surface area contributed by atoms with Crippen LogP contribution in [0, 0.1) is 0 Å². The van der Waals surface area contributed by atoms with E-state index in [-0.39, 0.29) is 5.97 Å². The van der Waals surface area contributed by atoms with Gasteiger partial charge in [0.2, 0.25) is 0 Å². The van der Waals surface area contributed by atoms with Crippen LogP contribution >= 0.6 is 0 Å². The molecule has 0 unspecified atom stereocenters. The molecule has 3 heterocycles. The van der Waals surface area contributed by atoms with Crippen molar-refractivity contribution in [3.05, 3.63) is 48.4 Å². The van der Waals surface area contributed by atoms with Crippen molar-refractivity contribution >= 4 is 18.0 Å². The number of pyridine rings is 1. The van der Waals surface area contributed by atoms with Crippen LogP contribution in [0.25, 0.3) is 6.20 Å². The maximum Gasteiger partial charge on any atom is 0.339 e. The lowest BCUT2D eigenvalue weighted by Gasteiger charge is -2.35. The first-order chi connectivity index (χ1) is 12.2. The SMILES string of the molecule is C=Cn1cc(CN2CCN(c3ccc(C(=O)OCC)cn3)CC2)cn1. The number of carbonyl (C=O) groups is 1. The Labute approximate surface area is 147 Å². The van der Waals surface area contributed by atoms with Crippen LogP contribution in [0.15, 0.2) is 37.3 Å². The van der Waals surface area contributed by atoms with E-state index in [4.69, 9.17) is 4.74 Å². The molecule has 1 aliphatic rings. The van der Waals surface area contributed by atoms with Crippen molar-refractivity contribution in [3.8, 4) is 0 Å². The summed E-state index contributed by atoms with van der Waals surface area (Å²) in [6, 6.07) is 3.66. The molecule has 25 heavy (non-hydrogen) atoms. The van der Waals surface area contributed by atoms with E-state index in [9.17, 15) is 4.79 Å². The first-order valence-electron chi connectivity index (χ1n) is 8.45. The number of rotatable bonds is 6. The average molecular weight is 341 g/mol. The molecular weight excluding hydrogens is 318 g/mol. The van der Waals surface area contributed by atoms with Crippen LogP contribution in [0.1, 0.15) is 22.8 Å². The molecule has 0 radical (unpaired) electrons. The first kappa shape index (κ1) is 17.2. The number of aromatic nitrogens is 3. The predicted molar refractivity (Wildman–Crippen MR) is 96.3 cm³/mol. The fourth-order valence-electron chi connectivity index (χ4n) is 2.86. The van der Waals surface area contributed by atoms with E-state index >= 15 is 0 Å². The topological polar surface area (TPSA) is 63.5 Å². The van der Waals surface area contributed by atoms with Crippen molar-refractivity contribution in [1.29, 1.82) is 0 Å². The lowest BCUT2D eigenvalue weighted by molar-refractivity contribution is 0.0526. The predicted octanol–water partition coefficient (Wildman–Crippen LogP) is 1.88. The van der Waals surface area contributed by atoms with Gasteiger partial charge in [-0.15, -0.1) is 0 Å². The summed E-state index contributed by atoms with van der Waals surface area (Å²) in [7, 11) is 0. The Hall–Kier alpha value is -2.67. The van der Waals surface area contributed by atoms with Crippen molar-refractivity contribution in [1.82, 2.24) is 19.7 Å². The van der Waals surface area contributed by atoms with Crippen LogP contribution in [0.4, 0.5) is 5.82 Å². The fourth-order valence-corrected chi connectivity index (χ4v) is 2.86. The standard InChI is InChI=1S/C18H23N5O2/c1-3-23-14-15(11-20-23)13-21-7-9-22(10-8-21)17-6-5-16(12-19-17)18(24)25-4-2/h3,5-6,11-12,14H,1,4,7-10,13H2,2H3. The summed E-state index contributed by atoms with van der Waals surface area (Å²) in [5.74, 6) is 0.568. The second-order valence-electron chi connectivity index (χ2n) is 5.90. The molecule has 7 nitrogen and oxygen atoms in total. The van der Waals surface area contributed by atoms with Gasteiger partial charge in [-0.1, -0.05) is 6.58 Å². The van der Waals surface area contributed by atoms with Crippen LogP contribution in [0.5, 0.6) is 0 Å². The van der Waals surface area contributed by atoms with Gasteiger partial charge in [0.05, 0.1) is 18.4 Å². The van der Waals surface area contributed by atoms with Crippen molar-refractivity contribution in [2.24, 2.45) is 0 Å². The summed E-state index contributed by atoms with van der Waals surface area (Å²) in [5.41, 5.74) is 1.67. The van der Waals surface area contributed by atoms with Crippen molar-refractivity contribution in [2.75, 3.05) is 37.7 Å². The Kier molecular flexibility index (Phi) is 5.45. The van der Waals surface area contributed by atoms with E-state index in [0.29, 0.717) is 12.2 Å². The molecule has 2 aromatic rings. The third kappa shape index (κ3) is 4.24. The zero-order valence-electron chi connectivity index (χ0n) is 14.5. The Morgan fingerprint density at radius 3 is 2.68 bits per heavy atom. The van der Waals surface area contributed by atoms with Crippen LogP contribution in [-0.2, 0) is 11.3 Å². The highest BCUT2D eigenvalue weighted by molar-refractivity contribution is 5.89. The summed E-state index contributed by atoms with van der Waals surface area (Å²) in [6.45, 7) is 10.5. The number of esters is 1. The van der Waals surface area contributed by atoms with Crippen molar-refractivity contribution < 1.29 is 9.53 Å². The number of anilines is 1. The van der Waals surface area contributed by atoms with Gasteiger partial charge in [-0.25, -0.2) is 14.5 Å². The van der Waals surface area contributed by atoms with Crippen LogP contribution < -0.4 is 4.90 Å². The number of hydrogen-bond acceptors (Lipinski definition) is 6. The maximum absolute atomic E-state index is 11.7. The summed E-state index contributed by atoms with van der Waals surface area (Å²) in [6.07, 6.45) is 7.15. The molecule has 0 aromatic carbocycles. The van der Waals surface area contributed by atoms with Gasteiger partial charge >= 0.3 is 5.97 Å². The van der Waals surface area contributed by atoms with E-state index in [2.05, 4.69) is 26.5 Å². The molecule has 0 bridgehead atoms. The number of ether oxygens (including phenoxy) is 1. The lowest BCUT2D eigenvalue weighted by atomic mass is 10.2. The molecule has 0 N–H and O–H groups in total. The highest BCUT2D eigenvalue weighted by Crippen LogP contribution is 2.16. The van der Waals surface area contributed by atoms with Crippen LogP contribution in [0.2, 0.25) is 0 Å².